The molecule has 0 saturated heterocycles. The zero-order valence-electron chi connectivity index (χ0n) is 20.6. The number of hydrogen-bond donors (Lipinski definition) is 3. The largest absolute Gasteiger partial charge is 0.486 e. The van der Waals surface area contributed by atoms with E-state index in [0.29, 0.717) is 29.6 Å². The first-order chi connectivity index (χ1) is 18.7. The van der Waals surface area contributed by atoms with E-state index in [9.17, 15) is 23.6 Å². The Morgan fingerprint density at radius 2 is 1.82 bits per heavy atom. The number of rotatable bonds is 9. The van der Waals surface area contributed by atoms with Crippen molar-refractivity contribution in [1.82, 2.24) is 9.69 Å². The predicted molar refractivity (Wildman–Crippen MR) is 138 cm³/mol. The van der Waals surface area contributed by atoms with E-state index in [-0.39, 0.29) is 40.7 Å². The van der Waals surface area contributed by atoms with Gasteiger partial charge in [0.05, 0.1) is 12.3 Å². The number of carbonyl (C=O) groups is 4. The van der Waals surface area contributed by atoms with Gasteiger partial charge in [-0.1, -0.05) is 12.1 Å². The van der Waals surface area contributed by atoms with Gasteiger partial charge in [-0.15, -0.1) is 0 Å². The Kier molecular flexibility index (Phi) is 8.24. The number of nitrogens with one attached hydrogen (secondary N) is 1. The van der Waals surface area contributed by atoms with Gasteiger partial charge in [0.15, 0.2) is 17.2 Å². The standard InChI is InChI=1S/C25H24FN5O7S/c1-2-36-18(32)12-29-24(34)21(13-3-5-14(26)6-4-13)31(15-7-8-16-17(11-15)38-10-9-37-16)25(35)22-19(27)20(23(28)33)30-39-22/h3-8,11,21H,2,9-10,12,27H2,1H3,(H2,28,33)(H,29,34). The summed E-state index contributed by atoms with van der Waals surface area (Å²) >= 11 is 0.627. The molecule has 14 heteroatoms. The van der Waals surface area contributed by atoms with Gasteiger partial charge in [0.25, 0.3) is 11.8 Å². The topological polar surface area (TPSA) is 176 Å². The lowest BCUT2D eigenvalue weighted by Gasteiger charge is -2.32. The van der Waals surface area contributed by atoms with Gasteiger partial charge in [0.2, 0.25) is 5.91 Å². The van der Waals surface area contributed by atoms with E-state index in [1.807, 2.05) is 0 Å². The molecule has 0 bridgehead atoms. The summed E-state index contributed by atoms with van der Waals surface area (Å²) in [5.74, 6) is -3.05. The Morgan fingerprint density at radius 3 is 2.46 bits per heavy atom. The first-order valence-electron chi connectivity index (χ1n) is 11.7. The van der Waals surface area contributed by atoms with E-state index >= 15 is 0 Å². The number of ether oxygens (including phenoxy) is 3. The van der Waals surface area contributed by atoms with Crippen LogP contribution in [-0.2, 0) is 14.3 Å². The van der Waals surface area contributed by atoms with Crippen LogP contribution in [0.25, 0.3) is 0 Å². The molecule has 1 aromatic heterocycles. The van der Waals surface area contributed by atoms with Gasteiger partial charge in [-0.3, -0.25) is 24.1 Å². The molecule has 39 heavy (non-hydrogen) atoms. The fraction of sp³-hybridized carbons (Fsp3) is 0.240. The molecule has 1 aliphatic heterocycles. The second-order valence-electron chi connectivity index (χ2n) is 8.12. The van der Waals surface area contributed by atoms with Crippen molar-refractivity contribution < 1.29 is 37.8 Å². The lowest BCUT2D eigenvalue weighted by atomic mass is 10.0. The maximum Gasteiger partial charge on any atom is 0.325 e. The zero-order chi connectivity index (χ0) is 28.1. The van der Waals surface area contributed by atoms with Crippen molar-refractivity contribution in [2.45, 2.75) is 13.0 Å². The van der Waals surface area contributed by atoms with E-state index in [0.717, 1.165) is 17.0 Å². The minimum atomic E-state index is -1.44. The molecule has 0 aliphatic carbocycles. The first-order valence-corrected chi connectivity index (χ1v) is 12.5. The smallest absolute Gasteiger partial charge is 0.325 e. The van der Waals surface area contributed by atoms with Gasteiger partial charge >= 0.3 is 5.97 Å². The molecule has 0 radical (unpaired) electrons. The van der Waals surface area contributed by atoms with E-state index in [1.54, 1.807) is 13.0 Å². The van der Waals surface area contributed by atoms with E-state index in [4.69, 9.17) is 25.7 Å². The molecule has 3 amide bonds. The second-order valence-corrected chi connectivity index (χ2v) is 8.89. The van der Waals surface area contributed by atoms with Crippen molar-refractivity contribution in [1.29, 1.82) is 0 Å². The molecular formula is C25H24FN5O7S. The van der Waals surface area contributed by atoms with Crippen LogP contribution in [0.1, 0.15) is 38.7 Å². The quantitative estimate of drug-likeness (QED) is 0.331. The van der Waals surface area contributed by atoms with Gasteiger partial charge in [-0.2, -0.15) is 4.37 Å². The van der Waals surface area contributed by atoms with Gasteiger partial charge in [-0.25, -0.2) is 4.39 Å². The molecule has 0 saturated carbocycles. The van der Waals surface area contributed by atoms with Crippen molar-refractivity contribution in [2.75, 3.05) is 37.0 Å². The Hall–Kier alpha value is -4.72. The Morgan fingerprint density at radius 1 is 1.13 bits per heavy atom. The maximum atomic E-state index is 14.0. The van der Waals surface area contributed by atoms with E-state index < -0.39 is 42.1 Å². The average molecular weight is 558 g/mol. The molecular weight excluding hydrogens is 533 g/mol. The highest BCUT2D eigenvalue weighted by molar-refractivity contribution is 7.09. The van der Waals surface area contributed by atoms with Crippen molar-refractivity contribution in [3.63, 3.8) is 0 Å². The van der Waals surface area contributed by atoms with Crippen LogP contribution >= 0.6 is 11.5 Å². The normalized spacial score (nSPS) is 12.8. The highest BCUT2D eigenvalue weighted by Crippen LogP contribution is 2.39. The van der Waals surface area contributed by atoms with E-state index in [2.05, 4.69) is 9.69 Å². The van der Waals surface area contributed by atoms with Crippen LogP contribution in [0, 0.1) is 5.82 Å². The first kappa shape index (κ1) is 27.3. The predicted octanol–water partition coefficient (Wildman–Crippen LogP) is 1.80. The molecule has 0 spiro atoms. The zero-order valence-corrected chi connectivity index (χ0v) is 21.5. The van der Waals surface area contributed by atoms with E-state index in [1.165, 1.54) is 24.3 Å². The van der Waals surface area contributed by atoms with Crippen LogP contribution in [0.15, 0.2) is 42.5 Å². The van der Waals surface area contributed by atoms with Crippen LogP contribution in [0.4, 0.5) is 15.8 Å². The van der Waals surface area contributed by atoms with Gasteiger partial charge in [-0.05, 0) is 48.3 Å². The molecule has 1 unspecified atom stereocenters. The lowest BCUT2D eigenvalue weighted by Crippen LogP contribution is -2.45. The SMILES string of the molecule is CCOC(=O)CNC(=O)C(c1ccc(F)cc1)N(C(=O)c1snc(C(N)=O)c1N)c1ccc2c(c1)OCCO2. The summed E-state index contributed by atoms with van der Waals surface area (Å²) in [4.78, 5) is 52.3. The van der Waals surface area contributed by atoms with Crippen molar-refractivity contribution in [3.8, 4) is 11.5 Å². The summed E-state index contributed by atoms with van der Waals surface area (Å²) in [5, 5.41) is 2.46. The summed E-state index contributed by atoms with van der Waals surface area (Å²) in [6.07, 6.45) is 0. The lowest BCUT2D eigenvalue weighted by molar-refractivity contribution is -0.143. The van der Waals surface area contributed by atoms with Crippen molar-refractivity contribution >= 4 is 46.6 Å². The monoisotopic (exact) mass is 557 g/mol. The Balaban J connectivity index is 1.85. The number of nitrogens with two attached hydrogens (primary N) is 2. The number of aromatic nitrogens is 1. The molecule has 5 N–H and O–H groups in total. The molecule has 1 aliphatic rings. The number of nitrogens with zero attached hydrogens (tertiary/aromatic N) is 2. The molecule has 3 aromatic rings. The van der Waals surface area contributed by atoms with Crippen molar-refractivity contribution in [3.05, 3.63) is 64.4 Å². The molecule has 12 nitrogen and oxygen atoms in total. The molecule has 4 rings (SSSR count). The minimum absolute atomic E-state index is 0.102. The van der Waals surface area contributed by atoms with Crippen LogP contribution in [0.3, 0.4) is 0 Å². The number of anilines is 2. The number of fused-ring (bicyclic) bond motifs is 1. The second kappa shape index (κ2) is 11.8. The van der Waals surface area contributed by atoms with Gasteiger partial charge < -0.3 is 31.0 Å². The number of esters is 1. The summed E-state index contributed by atoms with van der Waals surface area (Å²) < 4.78 is 33.8. The number of carbonyl (C=O) groups excluding carboxylic acids is 4. The van der Waals surface area contributed by atoms with Crippen LogP contribution in [0.5, 0.6) is 11.5 Å². The highest BCUT2D eigenvalue weighted by Gasteiger charge is 2.37. The van der Waals surface area contributed by atoms with Crippen LogP contribution in [-0.4, -0.2) is 54.4 Å². The minimum Gasteiger partial charge on any atom is -0.486 e. The summed E-state index contributed by atoms with van der Waals surface area (Å²) in [6.45, 7) is 1.82. The number of primary amides is 1. The van der Waals surface area contributed by atoms with Gasteiger partial charge in [0, 0.05) is 11.8 Å². The van der Waals surface area contributed by atoms with Gasteiger partial charge in [0.1, 0.15) is 36.5 Å². The van der Waals surface area contributed by atoms with Crippen molar-refractivity contribution in [2.24, 2.45) is 5.73 Å². The Labute approximate surface area is 225 Å². The number of nitrogen functional groups attached to an aromatic ring is 1. The third kappa shape index (κ3) is 5.90. The fourth-order valence-corrected chi connectivity index (χ4v) is 4.58. The number of benzene rings is 2. The summed E-state index contributed by atoms with van der Waals surface area (Å²) in [5.41, 5.74) is 11.2. The summed E-state index contributed by atoms with van der Waals surface area (Å²) in [7, 11) is 0. The fourth-order valence-electron chi connectivity index (χ4n) is 3.83. The number of halogens is 1. The van der Waals surface area contributed by atoms with Crippen LogP contribution < -0.4 is 31.2 Å². The molecule has 0 fully saturated rings. The maximum absolute atomic E-state index is 14.0. The highest BCUT2D eigenvalue weighted by atomic mass is 32.1. The molecule has 2 heterocycles. The molecule has 204 valence electrons. The third-order valence-corrected chi connectivity index (χ3v) is 6.43. The molecule has 2 aromatic carbocycles. The Bertz CT molecular complexity index is 1410. The summed E-state index contributed by atoms with van der Waals surface area (Å²) in [6, 6.07) is 8.04. The number of amides is 3. The van der Waals surface area contributed by atoms with Crippen LogP contribution in [0.2, 0.25) is 0 Å². The molecule has 1 atom stereocenters. The average Bonchev–Trinajstić information content (AvgIpc) is 3.32. The third-order valence-electron chi connectivity index (χ3n) is 5.58. The number of hydrogen-bond acceptors (Lipinski definition) is 10.